The van der Waals surface area contributed by atoms with Crippen molar-refractivity contribution in [3.8, 4) is 11.4 Å². The average Bonchev–Trinajstić information content (AvgIpc) is 3.38. The van der Waals surface area contributed by atoms with Gasteiger partial charge in [-0.2, -0.15) is 5.21 Å². The fourth-order valence-corrected chi connectivity index (χ4v) is 5.18. The number of rotatable bonds is 4. The summed E-state index contributed by atoms with van der Waals surface area (Å²) >= 11 is 1.74. The van der Waals surface area contributed by atoms with Crippen molar-refractivity contribution in [2.24, 2.45) is 11.7 Å². The van der Waals surface area contributed by atoms with Crippen LogP contribution < -0.4 is 11.1 Å². The first-order chi connectivity index (χ1) is 13.6. The molecule has 8 heteroatoms. The Morgan fingerprint density at radius 3 is 3.04 bits per heavy atom. The minimum atomic E-state index is -0.109. The van der Waals surface area contributed by atoms with Crippen LogP contribution in [0, 0.1) is 5.92 Å². The third kappa shape index (κ3) is 3.02. The van der Waals surface area contributed by atoms with Gasteiger partial charge in [0.2, 0.25) is 5.82 Å². The predicted octanol–water partition coefficient (Wildman–Crippen LogP) is 3.95. The van der Waals surface area contributed by atoms with Gasteiger partial charge in [0.25, 0.3) is 0 Å². The lowest BCUT2D eigenvalue weighted by atomic mass is 9.74. The van der Waals surface area contributed by atoms with E-state index in [1.54, 1.807) is 11.3 Å². The number of benzene rings is 1. The summed E-state index contributed by atoms with van der Waals surface area (Å²) in [6, 6.07) is 8.28. The highest BCUT2D eigenvalue weighted by Crippen LogP contribution is 2.36. The van der Waals surface area contributed by atoms with Crippen molar-refractivity contribution in [3.05, 3.63) is 29.6 Å². The van der Waals surface area contributed by atoms with Crippen LogP contribution in [-0.4, -0.2) is 37.7 Å². The fraction of sp³-hybridized carbons (Fsp3) is 0.400. The maximum atomic E-state index is 6.56. The van der Waals surface area contributed by atoms with Crippen LogP contribution in [0.15, 0.2) is 29.6 Å². The van der Waals surface area contributed by atoms with Gasteiger partial charge in [0, 0.05) is 33.1 Å². The number of H-pyrrole nitrogens is 1. The van der Waals surface area contributed by atoms with Crippen LogP contribution in [0.2, 0.25) is 0 Å². The quantitative estimate of drug-likeness (QED) is 0.485. The van der Waals surface area contributed by atoms with Gasteiger partial charge >= 0.3 is 0 Å². The number of hydrogen-bond donors (Lipinski definition) is 3. The highest BCUT2D eigenvalue weighted by Gasteiger charge is 2.32. The zero-order valence-corrected chi connectivity index (χ0v) is 16.6. The number of fused-ring (bicyclic) bond motifs is 3. The van der Waals surface area contributed by atoms with Crippen LogP contribution in [0.1, 0.15) is 32.6 Å². The van der Waals surface area contributed by atoms with Crippen LogP contribution >= 0.6 is 11.3 Å². The predicted molar refractivity (Wildman–Crippen MR) is 113 cm³/mol. The van der Waals surface area contributed by atoms with Gasteiger partial charge in [-0.3, -0.25) is 0 Å². The Morgan fingerprint density at radius 1 is 1.29 bits per heavy atom. The molecule has 3 heterocycles. The van der Waals surface area contributed by atoms with E-state index >= 15 is 0 Å². The molecule has 0 spiro atoms. The van der Waals surface area contributed by atoms with Gasteiger partial charge in [-0.15, -0.1) is 21.5 Å². The Kier molecular flexibility index (Phi) is 4.25. The second kappa shape index (κ2) is 6.79. The number of nitrogens with two attached hydrogens (primary N) is 1. The fourth-order valence-electron chi connectivity index (χ4n) is 4.24. The number of nitrogens with zero attached hydrogens (tertiary/aromatic N) is 4. The monoisotopic (exact) mass is 393 g/mol. The van der Waals surface area contributed by atoms with E-state index in [4.69, 9.17) is 10.7 Å². The molecule has 0 bridgehead atoms. The molecule has 1 saturated carbocycles. The number of hydrogen-bond acceptors (Lipinski definition) is 7. The Hall–Kier alpha value is -2.58. The Morgan fingerprint density at radius 2 is 2.21 bits per heavy atom. The van der Waals surface area contributed by atoms with E-state index in [9.17, 15) is 0 Å². The molecule has 3 aromatic heterocycles. The van der Waals surface area contributed by atoms with Crippen molar-refractivity contribution in [3.63, 3.8) is 0 Å². The van der Waals surface area contributed by atoms with E-state index in [0.29, 0.717) is 11.7 Å². The lowest BCUT2D eigenvalue weighted by Gasteiger charge is -2.38. The van der Waals surface area contributed by atoms with Crippen molar-refractivity contribution in [1.82, 2.24) is 25.6 Å². The van der Waals surface area contributed by atoms with Gasteiger partial charge in [-0.05, 0) is 48.4 Å². The number of nitrogens with one attached hydrogen (secondary N) is 2. The van der Waals surface area contributed by atoms with Crippen molar-refractivity contribution < 1.29 is 0 Å². The molecule has 0 saturated heterocycles. The molecule has 2 atom stereocenters. The highest BCUT2D eigenvalue weighted by molar-refractivity contribution is 7.18. The molecule has 1 aromatic carbocycles. The van der Waals surface area contributed by atoms with Crippen molar-refractivity contribution in [1.29, 1.82) is 0 Å². The summed E-state index contributed by atoms with van der Waals surface area (Å²) in [5, 5.41) is 22.4. The number of aromatic nitrogens is 5. The van der Waals surface area contributed by atoms with Crippen LogP contribution in [0.25, 0.3) is 32.4 Å². The molecule has 5 rings (SSSR count). The molecule has 4 aromatic rings. The molecule has 0 aliphatic heterocycles. The van der Waals surface area contributed by atoms with E-state index in [1.807, 2.05) is 12.1 Å². The molecule has 1 aliphatic carbocycles. The molecule has 4 N–H and O–H groups in total. The smallest absolute Gasteiger partial charge is 0.204 e. The molecule has 0 amide bonds. The Balaban J connectivity index is 1.52. The molecule has 144 valence electrons. The molecule has 2 unspecified atom stereocenters. The normalized spacial score (nSPS) is 22.7. The van der Waals surface area contributed by atoms with Crippen LogP contribution in [0.3, 0.4) is 0 Å². The van der Waals surface area contributed by atoms with Gasteiger partial charge in [0.05, 0.1) is 5.52 Å². The topological polar surface area (TPSA) is 105 Å². The molecular formula is C20H23N7S. The summed E-state index contributed by atoms with van der Waals surface area (Å²) < 4.78 is 1.24. The van der Waals surface area contributed by atoms with E-state index in [2.05, 4.69) is 50.4 Å². The SMILES string of the molecule is CC1(N)CCCCC1CNc1nc2cc(-c3nn[nH]n3)ccc2c2sccc12. The molecule has 1 fully saturated rings. The van der Waals surface area contributed by atoms with Crippen molar-refractivity contribution >= 4 is 38.1 Å². The zero-order chi connectivity index (χ0) is 19.1. The third-order valence-corrected chi connectivity index (χ3v) is 6.91. The third-order valence-electron chi connectivity index (χ3n) is 5.97. The van der Waals surface area contributed by atoms with Gasteiger partial charge < -0.3 is 11.1 Å². The maximum absolute atomic E-state index is 6.56. The Labute approximate surface area is 166 Å². The molecule has 0 radical (unpaired) electrons. The lowest BCUT2D eigenvalue weighted by molar-refractivity contribution is 0.219. The second-order valence-corrected chi connectivity index (χ2v) is 8.84. The largest absolute Gasteiger partial charge is 0.369 e. The summed E-state index contributed by atoms with van der Waals surface area (Å²) in [4.78, 5) is 4.95. The lowest BCUT2D eigenvalue weighted by Crippen LogP contribution is -2.48. The summed E-state index contributed by atoms with van der Waals surface area (Å²) in [6.07, 6.45) is 4.74. The number of tetrazole rings is 1. The number of thiophene rings is 1. The van der Waals surface area contributed by atoms with E-state index in [-0.39, 0.29) is 5.54 Å². The van der Waals surface area contributed by atoms with Crippen molar-refractivity contribution in [2.45, 2.75) is 38.1 Å². The molecule has 28 heavy (non-hydrogen) atoms. The van der Waals surface area contributed by atoms with Gasteiger partial charge in [0.1, 0.15) is 5.82 Å². The molecular weight excluding hydrogens is 370 g/mol. The van der Waals surface area contributed by atoms with E-state index < -0.39 is 0 Å². The maximum Gasteiger partial charge on any atom is 0.204 e. The number of anilines is 1. The standard InChI is InChI=1S/C20H23N7S/c1-20(21)8-3-2-4-13(20)11-22-19-15-7-9-28-17(15)14-6-5-12(10-16(14)23-19)18-24-26-27-25-18/h5-7,9-10,13H,2-4,8,11,21H2,1H3,(H,22,23)(H,24,25,26,27). The van der Waals surface area contributed by atoms with Gasteiger partial charge in [-0.25, -0.2) is 4.98 Å². The minimum absolute atomic E-state index is 0.109. The second-order valence-electron chi connectivity index (χ2n) is 7.92. The van der Waals surface area contributed by atoms with Crippen LogP contribution in [0.5, 0.6) is 0 Å². The average molecular weight is 394 g/mol. The van der Waals surface area contributed by atoms with E-state index in [1.165, 1.54) is 29.3 Å². The Bertz CT molecular complexity index is 1120. The van der Waals surface area contributed by atoms with Crippen LogP contribution in [-0.2, 0) is 0 Å². The van der Waals surface area contributed by atoms with Gasteiger partial charge in [0.15, 0.2) is 0 Å². The summed E-state index contributed by atoms with van der Waals surface area (Å²) in [5.74, 6) is 1.96. The van der Waals surface area contributed by atoms with Gasteiger partial charge in [-0.1, -0.05) is 25.0 Å². The first kappa shape index (κ1) is 17.5. The van der Waals surface area contributed by atoms with Crippen molar-refractivity contribution in [2.75, 3.05) is 11.9 Å². The molecule has 1 aliphatic rings. The zero-order valence-electron chi connectivity index (χ0n) is 15.8. The number of aromatic amines is 1. The first-order valence-corrected chi connectivity index (χ1v) is 10.6. The molecule has 7 nitrogen and oxygen atoms in total. The summed E-state index contributed by atoms with van der Waals surface area (Å²) in [6.45, 7) is 3.03. The summed E-state index contributed by atoms with van der Waals surface area (Å²) in [7, 11) is 0. The minimum Gasteiger partial charge on any atom is -0.369 e. The van der Waals surface area contributed by atoms with Crippen LogP contribution in [0.4, 0.5) is 5.82 Å². The highest BCUT2D eigenvalue weighted by atomic mass is 32.1. The van der Waals surface area contributed by atoms with E-state index in [0.717, 1.165) is 35.2 Å². The summed E-state index contributed by atoms with van der Waals surface area (Å²) in [5.41, 5.74) is 8.28. The number of pyridine rings is 1. The first-order valence-electron chi connectivity index (χ1n) is 9.69.